The summed E-state index contributed by atoms with van der Waals surface area (Å²) in [5.74, 6) is 2.65. The van der Waals surface area contributed by atoms with E-state index in [1.54, 1.807) is 0 Å². The first kappa shape index (κ1) is 24.2. The lowest BCUT2D eigenvalue weighted by atomic mass is 9.46. The van der Waals surface area contributed by atoms with Gasteiger partial charge in [-0.05, 0) is 117 Å². The zero-order chi connectivity index (χ0) is 24.8. The van der Waals surface area contributed by atoms with Gasteiger partial charge in [0.15, 0.2) is 0 Å². The van der Waals surface area contributed by atoms with E-state index in [-0.39, 0.29) is 22.7 Å². The third kappa shape index (κ3) is 4.13. The van der Waals surface area contributed by atoms with Crippen molar-refractivity contribution in [2.24, 2.45) is 39.6 Å². The Bertz CT molecular complexity index is 1080. The summed E-state index contributed by atoms with van der Waals surface area (Å²) >= 11 is 0. The fraction of sp³-hybridized carbons (Fsp3) is 0.581. The van der Waals surface area contributed by atoms with Gasteiger partial charge in [0.25, 0.3) is 5.91 Å². The van der Waals surface area contributed by atoms with Crippen molar-refractivity contribution in [2.75, 3.05) is 0 Å². The van der Waals surface area contributed by atoms with Gasteiger partial charge in [0.1, 0.15) is 5.78 Å². The fourth-order valence-electron chi connectivity index (χ4n) is 8.47. The van der Waals surface area contributed by atoms with Gasteiger partial charge < -0.3 is 0 Å². The Morgan fingerprint density at radius 3 is 2.54 bits per heavy atom. The summed E-state index contributed by atoms with van der Waals surface area (Å²) in [6.07, 6.45) is 14.0. The number of hydrogen-bond donors (Lipinski definition) is 1. The molecule has 0 aliphatic heterocycles. The molecule has 3 fully saturated rings. The highest BCUT2D eigenvalue weighted by Crippen LogP contribution is 2.66. The van der Waals surface area contributed by atoms with Crippen LogP contribution in [0.15, 0.2) is 53.7 Å². The van der Waals surface area contributed by atoms with Crippen LogP contribution in [-0.2, 0) is 11.2 Å². The monoisotopic (exact) mass is 472 g/mol. The van der Waals surface area contributed by atoms with E-state index in [1.165, 1.54) is 31.3 Å². The maximum absolute atomic E-state index is 12.6. The van der Waals surface area contributed by atoms with Crippen LogP contribution in [0.5, 0.6) is 0 Å². The van der Waals surface area contributed by atoms with E-state index in [9.17, 15) is 9.59 Å². The number of carbonyl (C=O) groups is 2. The van der Waals surface area contributed by atoms with Gasteiger partial charge in [-0.3, -0.25) is 9.59 Å². The third-order valence-corrected chi connectivity index (χ3v) is 10.4. The topological polar surface area (TPSA) is 58.5 Å². The average Bonchev–Trinajstić information content (AvgIpc) is 3.20. The minimum atomic E-state index is -0.161. The lowest BCUT2D eigenvalue weighted by Crippen LogP contribution is -2.51. The van der Waals surface area contributed by atoms with E-state index in [2.05, 4.69) is 37.0 Å². The van der Waals surface area contributed by atoms with Crippen molar-refractivity contribution >= 4 is 17.4 Å². The highest BCUT2D eigenvalue weighted by molar-refractivity contribution is 5.99. The van der Waals surface area contributed by atoms with Crippen LogP contribution >= 0.6 is 0 Å². The van der Waals surface area contributed by atoms with Crippen molar-refractivity contribution in [1.82, 2.24) is 5.43 Å². The molecule has 1 amide bonds. The van der Waals surface area contributed by atoms with Gasteiger partial charge in [-0.15, -0.1) is 6.58 Å². The second-order valence-corrected chi connectivity index (χ2v) is 12.0. The summed E-state index contributed by atoms with van der Waals surface area (Å²) < 4.78 is 0. The number of benzene rings is 1. The van der Waals surface area contributed by atoms with Crippen molar-refractivity contribution in [3.05, 3.63) is 59.7 Å². The maximum Gasteiger partial charge on any atom is 0.271 e. The summed E-state index contributed by atoms with van der Waals surface area (Å²) in [5, 5.41) is 4.53. The first-order chi connectivity index (χ1) is 16.8. The predicted octanol–water partition coefficient (Wildman–Crippen LogP) is 6.67. The van der Waals surface area contributed by atoms with Crippen molar-refractivity contribution in [3.8, 4) is 0 Å². The van der Waals surface area contributed by atoms with Gasteiger partial charge in [-0.25, -0.2) is 5.43 Å². The highest BCUT2D eigenvalue weighted by atomic mass is 16.2. The molecule has 35 heavy (non-hydrogen) atoms. The lowest BCUT2D eigenvalue weighted by Gasteiger charge is -2.58. The SMILES string of the molecule is C=CCc1ccc(C(=O)N/N=C2/C=C3CCC4C(CCC5(C)C(C(C)=O)CCC45)C3(C)CC2)cc1. The third-order valence-electron chi connectivity index (χ3n) is 10.4. The first-order valence-electron chi connectivity index (χ1n) is 13.5. The van der Waals surface area contributed by atoms with E-state index in [0.29, 0.717) is 23.2 Å². The van der Waals surface area contributed by atoms with Crippen LogP contribution in [0.4, 0.5) is 0 Å². The second kappa shape index (κ2) is 9.19. The first-order valence-corrected chi connectivity index (χ1v) is 13.5. The Labute approximate surface area is 210 Å². The highest BCUT2D eigenvalue weighted by Gasteiger charge is 2.59. The van der Waals surface area contributed by atoms with Crippen LogP contribution in [0.3, 0.4) is 0 Å². The maximum atomic E-state index is 12.6. The molecule has 1 aromatic carbocycles. The quantitative estimate of drug-likeness (QED) is 0.384. The Balaban J connectivity index is 1.29. The van der Waals surface area contributed by atoms with Crippen LogP contribution in [0.1, 0.15) is 88.1 Å². The van der Waals surface area contributed by atoms with Crippen LogP contribution in [0, 0.1) is 34.5 Å². The van der Waals surface area contributed by atoms with Gasteiger partial charge in [-0.2, -0.15) is 5.10 Å². The summed E-state index contributed by atoms with van der Waals surface area (Å²) in [6, 6.07) is 7.63. The molecule has 4 nitrogen and oxygen atoms in total. The standard InChI is InChI=1S/C31H40N2O2/c1-5-6-21-7-9-22(10-8-21)29(35)33-32-24-15-17-30(3)23(19-24)11-12-25-27-14-13-26(20(2)34)31(27,4)18-16-28(25)30/h5,7-10,19,25-28H,1,6,11-18H2,2-4H3,(H,33,35)/b32-24+. The van der Waals surface area contributed by atoms with E-state index < -0.39 is 0 Å². The number of ketones is 1. The summed E-state index contributed by atoms with van der Waals surface area (Å²) in [4.78, 5) is 25.0. The molecule has 0 spiro atoms. The lowest BCUT2D eigenvalue weighted by molar-refractivity contribution is -0.127. The van der Waals surface area contributed by atoms with Crippen LogP contribution < -0.4 is 5.43 Å². The largest absolute Gasteiger partial charge is 0.300 e. The van der Waals surface area contributed by atoms with Gasteiger partial charge in [-0.1, -0.05) is 37.6 Å². The molecule has 0 saturated heterocycles. The van der Waals surface area contributed by atoms with Gasteiger partial charge in [0, 0.05) is 11.5 Å². The molecule has 4 aliphatic carbocycles. The number of rotatable bonds is 5. The normalized spacial score (nSPS) is 37.0. The molecule has 4 aliphatic rings. The number of fused-ring (bicyclic) bond motifs is 5. The minimum Gasteiger partial charge on any atom is -0.300 e. The van der Waals surface area contributed by atoms with Crippen molar-refractivity contribution < 1.29 is 9.59 Å². The molecule has 0 heterocycles. The minimum absolute atomic E-state index is 0.161. The van der Waals surface area contributed by atoms with Gasteiger partial charge in [0.05, 0.1) is 5.71 Å². The molecule has 0 aromatic heterocycles. The van der Waals surface area contributed by atoms with Crippen molar-refractivity contribution in [3.63, 3.8) is 0 Å². The number of hydrogen-bond acceptors (Lipinski definition) is 3. The van der Waals surface area contributed by atoms with Gasteiger partial charge in [0.2, 0.25) is 0 Å². The molecule has 1 N–H and O–H groups in total. The summed E-state index contributed by atoms with van der Waals surface area (Å²) in [6.45, 7) is 10.5. The zero-order valence-electron chi connectivity index (χ0n) is 21.6. The van der Waals surface area contributed by atoms with Crippen LogP contribution in [0.2, 0.25) is 0 Å². The predicted molar refractivity (Wildman–Crippen MR) is 141 cm³/mol. The Kier molecular flexibility index (Phi) is 6.35. The van der Waals surface area contributed by atoms with Crippen molar-refractivity contribution in [1.29, 1.82) is 0 Å². The molecule has 4 heteroatoms. The second-order valence-electron chi connectivity index (χ2n) is 12.0. The van der Waals surface area contributed by atoms with Crippen LogP contribution in [0.25, 0.3) is 0 Å². The van der Waals surface area contributed by atoms with E-state index in [1.807, 2.05) is 37.3 Å². The van der Waals surface area contributed by atoms with E-state index in [0.717, 1.165) is 49.3 Å². The molecule has 5 rings (SSSR count). The van der Waals surface area contributed by atoms with E-state index >= 15 is 0 Å². The van der Waals surface area contributed by atoms with E-state index in [4.69, 9.17) is 0 Å². The number of nitrogens with one attached hydrogen (secondary N) is 1. The summed E-state index contributed by atoms with van der Waals surface area (Å²) in [7, 11) is 0. The number of allylic oxidation sites excluding steroid dienone is 3. The molecule has 6 atom stereocenters. The fourth-order valence-corrected chi connectivity index (χ4v) is 8.47. The van der Waals surface area contributed by atoms with Crippen molar-refractivity contribution in [2.45, 2.75) is 78.6 Å². The zero-order valence-corrected chi connectivity index (χ0v) is 21.6. The Hall–Kier alpha value is -2.49. The Morgan fingerprint density at radius 2 is 1.83 bits per heavy atom. The number of carbonyl (C=O) groups excluding carboxylic acids is 2. The molecule has 6 unspecified atom stereocenters. The number of nitrogens with zero attached hydrogens (tertiary/aromatic N) is 1. The van der Waals surface area contributed by atoms with Crippen LogP contribution in [-0.4, -0.2) is 17.4 Å². The smallest absolute Gasteiger partial charge is 0.271 e. The molecule has 1 aromatic rings. The number of hydrazone groups is 1. The molecular formula is C31H40N2O2. The van der Waals surface area contributed by atoms with Gasteiger partial charge >= 0.3 is 0 Å². The average molecular weight is 473 g/mol. The molecule has 186 valence electrons. The number of amides is 1. The molecule has 0 bridgehead atoms. The molecule has 0 radical (unpaired) electrons. The Morgan fingerprint density at radius 1 is 1.06 bits per heavy atom. The summed E-state index contributed by atoms with van der Waals surface area (Å²) in [5.41, 5.74) is 7.51. The molecular weight excluding hydrogens is 432 g/mol. The molecule has 3 saturated carbocycles. The number of Topliss-reactive ketones (excluding diaryl/α,β-unsaturated/α-hetero) is 1.